The third kappa shape index (κ3) is 19.6. The molecule has 0 saturated carbocycles. The molecule has 0 bridgehead atoms. The molecule has 0 aliphatic carbocycles. The van der Waals surface area contributed by atoms with E-state index in [2.05, 4.69) is 41.5 Å². The zero-order valence-corrected chi connectivity index (χ0v) is 28.9. The lowest BCUT2D eigenvalue weighted by Crippen LogP contribution is -2.47. The SMILES string of the molecule is CCCO[Si](CCSSSSSCC[Si](OCCC)(OCCC)OCCC)(OCCC)OCCC. The van der Waals surface area contributed by atoms with E-state index in [1.807, 2.05) is 41.2 Å². The lowest BCUT2D eigenvalue weighted by Gasteiger charge is -2.29. The van der Waals surface area contributed by atoms with Crippen LogP contribution in [-0.4, -0.2) is 68.8 Å². The van der Waals surface area contributed by atoms with E-state index in [0.717, 1.165) is 62.1 Å². The third-order valence-electron chi connectivity index (χ3n) is 4.29. The topological polar surface area (TPSA) is 55.4 Å². The Bertz CT molecular complexity index is 379. The molecule has 0 spiro atoms. The molecule has 6 nitrogen and oxygen atoms in total. The van der Waals surface area contributed by atoms with Gasteiger partial charge < -0.3 is 26.6 Å². The summed E-state index contributed by atoms with van der Waals surface area (Å²) < 4.78 is 37.1. The van der Waals surface area contributed by atoms with Gasteiger partial charge in [-0.2, -0.15) is 0 Å². The second-order valence-corrected chi connectivity index (χ2v) is 21.3. The largest absolute Gasteiger partial charge is 0.501 e. The van der Waals surface area contributed by atoms with Crippen molar-refractivity contribution in [3.05, 3.63) is 0 Å². The summed E-state index contributed by atoms with van der Waals surface area (Å²) in [7, 11) is 3.96. The van der Waals surface area contributed by atoms with E-state index in [1.165, 1.54) is 0 Å². The third-order valence-corrected chi connectivity index (χ3v) is 19.3. The van der Waals surface area contributed by atoms with E-state index in [0.29, 0.717) is 39.6 Å². The molecule has 0 fully saturated rings. The molecule has 0 aliphatic heterocycles. The van der Waals surface area contributed by atoms with Crippen LogP contribution in [0.4, 0.5) is 0 Å². The van der Waals surface area contributed by atoms with Gasteiger partial charge in [0.15, 0.2) is 0 Å². The summed E-state index contributed by atoms with van der Waals surface area (Å²) in [5.74, 6) is 1.92. The Hall–Kier alpha value is 1.94. The van der Waals surface area contributed by atoms with Crippen LogP contribution in [0.2, 0.25) is 12.1 Å². The maximum atomic E-state index is 6.18. The van der Waals surface area contributed by atoms with Gasteiger partial charge in [0, 0.05) is 63.2 Å². The van der Waals surface area contributed by atoms with Crippen molar-refractivity contribution in [3.63, 3.8) is 0 Å². The van der Waals surface area contributed by atoms with Crippen LogP contribution >= 0.6 is 51.1 Å². The fourth-order valence-corrected chi connectivity index (χ4v) is 19.0. The van der Waals surface area contributed by atoms with Crippen LogP contribution in [0, 0.1) is 0 Å². The molecule has 0 rings (SSSR count). The normalized spacial score (nSPS) is 12.5. The first-order chi connectivity index (χ1) is 17.1. The number of hydrogen-bond donors (Lipinski definition) is 0. The molecule has 13 heteroatoms. The maximum absolute atomic E-state index is 6.18. The number of hydrogen-bond acceptors (Lipinski definition) is 11. The van der Waals surface area contributed by atoms with Crippen LogP contribution in [0.3, 0.4) is 0 Å². The Balaban J connectivity index is 4.39. The Kier molecular flexibility index (Phi) is 27.6. The molecule has 0 amide bonds. The van der Waals surface area contributed by atoms with Crippen LogP contribution in [-0.2, 0) is 26.6 Å². The molecule has 0 aliphatic rings. The van der Waals surface area contributed by atoms with Crippen LogP contribution in [0.5, 0.6) is 0 Å². The van der Waals surface area contributed by atoms with E-state index in [4.69, 9.17) is 26.6 Å². The minimum Gasteiger partial charge on any atom is -0.373 e. The van der Waals surface area contributed by atoms with Crippen LogP contribution in [0.1, 0.15) is 80.1 Å². The lowest BCUT2D eigenvalue weighted by molar-refractivity contribution is 0.0601. The van der Waals surface area contributed by atoms with Gasteiger partial charge in [0.2, 0.25) is 0 Å². The maximum Gasteiger partial charge on any atom is 0.501 e. The van der Waals surface area contributed by atoms with Crippen molar-refractivity contribution in [3.8, 4) is 0 Å². The summed E-state index contributed by atoms with van der Waals surface area (Å²) in [6, 6.07) is 1.71. The Morgan fingerprint density at radius 2 is 0.657 bits per heavy atom. The smallest absolute Gasteiger partial charge is 0.373 e. The molecule has 212 valence electrons. The first kappa shape index (κ1) is 36.9. The van der Waals surface area contributed by atoms with Crippen molar-refractivity contribution < 1.29 is 26.6 Å². The molecule has 0 aromatic carbocycles. The lowest BCUT2D eigenvalue weighted by atomic mass is 10.5. The van der Waals surface area contributed by atoms with Crippen molar-refractivity contribution in [1.82, 2.24) is 0 Å². The molecule has 0 saturated heterocycles. The highest BCUT2D eigenvalue weighted by Crippen LogP contribution is 2.49. The fraction of sp³-hybridized carbons (Fsp3) is 1.00. The molecule has 35 heavy (non-hydrogen) atoms. The van der Waals surface area contributed by atoms with Gasteiger partial charge in [0.1, 0.15) is 0 Å². The highest BCUT2D eigenvalue weighted by molar-refractivity contribution is 9.35. The Morgan fingerprint density at radius 1 is 0.400 bits per heavy atom. The first-order valence-electron chi connectivity index (χ1n) is 13.2. The molecule has 0 heterocycles. The van der Waals surface area contributed by atoms with Crippen molar-refractivity contribution in [2.24, 2.45) is 0 Å². The van der Waals surface area contributed by atoms with E-state index in [1.54, 1.807) is 9.83 Å². The predicted octanol–water partition coefficient (Wildman–Crippen LogP) is 8.75. The van der Waals surface area contributed by atoms with Gasteiger partial charge in [0.05, 0.1) is 0 Å². The van der Waals surface area contributed by atoms with Gasteiger partial charge in [0.25, 0.3) is 0 Å². The summed E-state index contributed by atoms with van der Waals surface area (Å²) >= 11 is 0. The fourth-order valence-electron chi connectivity index (χ4n) is 2.68. The summed E-state index contributed by atoms with van der Waals surface area (Å²) in [4.78, 5) is 0. The monoisotopic (exact) mass is 626 g/mol. The van der Waals surface area contributed by atoms with Gasteiger partial charge in [-0.15, -0.1) is 0 Å². The van der Waals surface area contributed by atoms with Gasteiger partial charge in [-0.25, -0.2) is 0 Å². The zero-order valence-electron chi connectivity index (χ0n) is 22.8. The van der Waals surface area contributed by atoms with Crippen molar-refractivity contribution in [2.75, 3.05) is 51.1 Å². The predicted molar refractivity (Wildman–Crippen MR) is 166 cm³/mol. The zero-order chi connectivity index (χ0) is 26.1. The highest BCUT2D eigenvalue weighted by Gasteiger charge is 2.41. The quantitative estimate of drug-likeness (QED) is 0.0476. The molecule has 0 atom stereocenters. The molecular weight excluding hydrogens is 577 g/mol. The van der Waals surface area contributed by atoms with Crippen LogP contribution in [0.25, 0.3) is 0 Å². The van der Waals surface area contributed by atoms with Gasteiger partial charge in [-0.05, 0) is 68.0 Å². The van der Waals surface area contributed by atoms with Gasteiger partial charge >= 0.3 is 17.6 Å². The van der Waals surface area contributed by atoms with E-state index < -0.39 is 17.6 Å². The number of rotatable bonds is 28. The molecular formula is C22H50O6S5Si2. The van der Waals surface area contributed by atoms with Gasteiger partial charge in [-0.1, -0.05) is 63.1 Å². The summed E-state index contributed by atoms with van der Waals surface area (Å²) in [6.45, 7) is 17.0. The molecule has 0 unspecified atom stereocenters. The molecule has 0 aromatic heterocycles. The standard InChI is InChI=1S/C22H50O6S5Si2/c1-7-13-23-34(24-14-8-2,25-15-9-3)21-19-29-31-33-32-30-20-22-35(26-16-10-4,27-17-11-5)28-18-12-6/h7-22H2,1-6H3. The van der Waals surface area contributed by atoms with E-state index in [9.17, 15) is 0 Å². The van der Waals surface area contributed by atoms with Crippen molar-refractivity contribution >= 4 is 68.7 Å². The van der Waals surface area contributed by atoms with Gasteiger partial charge in [-0.3, -0.25) is 0 Å². The molecule has 0 radical (unpaired) electrons. The molecule has 0 aromatic rings. The minimum absolute atomic E-state index is 0.704. The average Bonchev–Trinajstić information content (AvgIpc) is 2.88. The second-order valence-electron chi connectivity index (χ2n) is 7.80. The minimum atomic E-state index is -2.59. The van der Waals surface area contributed by atoms with Crippen molar-refractivity contribution in [1.29, 1.82) is 0 Å². The Morgan fingerprint density at radius 3 is 0.886 bits per heavy atom. The van der Waals surface area contributed by atoms with Crippen molar-refractivity contribution in [2.45, 2.75) is 92.2 Å². The van der Waals surface area contributed by atoms with E-state index in [-0.39, 0.29) is 0 Å². The summed E-state index contributed by atoms with van der Waals surface area (Å²) in [6.07, 6.45) is 5.87. The Labute approximate surface area is 237 Å². The van der Waals surface area contributed by atoms with E-state index >= 15 is 0 Å². The summed E-state index contributed by atoms with van der Waals surface area (Å²) in [5, 5.41) is 0. The van der Waals surface area contributed by atoms with Crippen LogP contribution < -0.4 is 0 Å². The first-order valence-corrected chi connectivity index (χ1v) is 23.5. The highest BCUT2D eigenvalue weighted by atomic mass is 33.8. The molecule has 0 N–H and O–H groups in total. The average molecular weight is 627 g/mol. The van der Waals surface area contributed by atoms with Crippen LogP contribution in [0.15, 0.2) is 0 Å². The summed E-state index contributed by atoms with van der Waals surface area (Å²) in [5.41, 5.74) is 0. The second kappa shape index (κ2) is 26.2.